The smallest absolute Gasteiger partial charge is 0.215 e. The summed E-state index contributed by atoms with van der Waals surface area (Å²) >= 11 is 0. The highest BCUT2D eigenvalue weighted by molar-refractivity contribution is 7.88. The summed E-state index contributed by atoms with van der Waals surface area (Å²) in [5, 5.41) is 0. The largest absolute Gasteiger partial charge is 0.371 e. The predicted molar refractivity (Wildman–Crippen MR) is 103 cm³/mol. The van der Waals surface area contributed by atoms with Gasteiger partial charge in [-0.3, -0.25) is 4.90 Å². The number of rotatable bonds is 8. The van der Waals surface area contributed by atoms with E-state index in [1.807, 2.05) is 18.2 Å². The van der Waals surface area contributed by atoms with Gasteiger partial charge >= 0.3 is 0 Å². The average molecular weight is 392 g/mol. The molecule has 0 aliphatic carbocycles. The van der Waals surface area contributed by atoms with Crippen molar-refractivity contribution in [2.75, 3.05) is 32.8 Å². The van der Waals surface area contributed by atoms with Crippen LogP contribution in [-0.4, -0.2) is 46.1 Å². The molecule has 1 fully saturated rings. The van der Waals surface area contributed by atoms with E-state index < -0.39 is 10.0 Å². The maximum atomic E-state index is 12.9. The maximum Gasteiger partial charge on any atom is 0.215 e. The molecule has 5 nitrogen and oxygen atoms in total. The molecule has 0 spiro atoms. The fourth-order valence-electron chi connectivity index (χ4n) is 3.16. The molecule has 0 bridgehead atoms. The molecule has 7 heteroatoms. The minimum atomic E-state index is -3.42. The quantitative estimate of drug-likeness (QED) is 0.702. The Hall–Kier alpha value is -1.80. The van der Waals surface area contributed by atoms with Crippen LogP contribution in [0.3, 0.4) is 0 Å². The summed E-state index contributed by atoms with van der Waals surface area (Å²) < 4.78 is 45.6. The van der Waals surface area contributed by atoms with Gasteiger partial charge in [0, 0.05) is 19.6 Å². The van der Waals surface area contributed by atoms with Gasteiger partial charge in [-0.05, 0) is 36.2 Å². The standard InChI is InChI=1S/C20H25FN2O3S/c21-19-9-7-17(8-10-19)16-27(24,25)22-11-4-12-23-13-14-26-20(15-23)18-5-2-1-3-6-18/h1-3,5-10,20,22H,4,11-16H2. The van der Waals surface area contributed by atoms with Crippen LogP contribution in [0.4, 0.5) is 4.39 Å². The molecule has 1 aliphatic rings. The number of ether oxygens (including phenoxy) is 1. The Balaban J connectivity index is 1.41. The minimum Gasteiger partial charge on any atom is -0.371 e. The summed E-state index contributed by atoms with van der Waals surface area (Å²) in [4.78, 5) is 2.30. The summed E-state index contributed by atoms with van der Waals surface area (Å²) in [7, 11) is -3.42. The Labute approximate surface area is 160 Å². The van der Waals surface area contributed by atoms with Crippen LogP contribution in [0.1, 0.15) is 23.7 Å². The van der Waals surface area contributed by atoms with Crippen LogP contribution in [0, 0.1) is 5.82 Å². The highest BCUT2D eigenvalue weighted by Crippen LogP contribution is 2.21. The van der Waals surface area contributed by atoms with Gasteiger partial charge < -0.3 is 4.74 Å². The van der Waals surface area contributed by atoms with E-state index in [0.29, 0.717) is 18.7 Å². The van der Waals surface area contributed by atoms with E-state index in [2.05, 4.69) is 21.8 Å². The van der Waals surface area contributed by atoms with Gasteiger partial charge in [-0.25, -0.2) is 17.5 Å². The normalized spacial score (nSPS) is 18.5. The van der Waals surface area contributed by atoms with Crippen molar-refractivity contribution < 1.29 is 17.5 Å². The van der Waals surface area contributed by atoms with Gasteiger partial charge in [0.05, 0.1) is 18.5 Å². The zero-order valence-corrected chi connectivity index (χ0v) is 16.0. The predicted octanol–water partition coefficient (Wildman–Crippen LogP) is 2.71. The number of sulfonamides is 1. The van der Waals surface area contributed by atoms with Crippen molar-refractivity contribution in [2.45, 2.75) is 18.3 Å². The van der Waals surface area contributed by atoms with E-state index in [9.17, 15) is 12.8 Å². The first-order valence-corrected chi connectivity index (χ1v) is 10.8. The van der Waals surface area contributed by atoms with Gasteiger partial charge in [0.15, 0.2) is 0 Å². The monoisotopic (exact) mass is 392 g/mol. The lowest BCUT2D eigenvalue weighted by atomic mass is 10.1. The lowest BCUT2D eigenvalue weighted by Gasteiger charge is -2.33. The van der Waals surface area contributed by atoms with Gasteiger partial charge in [-0.1, -0.05) is 42.5 Å². The molecule has 1 unspecified atom stereocenters. The summed E-state index contributed by atoms with van der Waals surface area (Å²) in [6.07, 6.45) is 0.791. The second kappa shape index (κ2) is 9.41. The molecule has 1 aliphatic heterocycles. The van der Waals surface area contributed by atoms with Crippen molar-refractivity contribution in [3.63, 3.8) is 0 Å². The average Bonchev–Trinajstić information content (AvgIpc) is 2.68. The van der Waals surface area contributed by atoms with E-state index in [-0.39, 0.29) is 17.7 Å². The number of hydrogen-bond acceptors (Lipinski definition) is 4. The SMILES string of the molecule is O=S(=O)(Cc1ccc(F)cc1)NCCCN1CCOC(c2ccccc2)C1. The Morgan fingerprint density at radius 1 is 1.11 bits per heavy atom. The number of benzene rings is 2. The lowest BCUT2D eigenvalue weighted by molar-refractivity contribution is -0.0300. The Morgan fingerprint density at radius 3 is 2.59 bits per heavy atom. The van der Waals surface area contributed by atoms with Crippen molar-refractivity contribution in [2.24, 2.45) is 0 Å². The summed E-state index contributed by atoms with van der Waals surface area (Å²) in [5.74, 6) is -0.510. The van der Waals surface area contributed by atoms with Crippen LogP contribution < -0.4 is 4.72 Å². The van der Waals surface area contributed by atoms with Gasteiger partial charge in [0.25, 0.3) is 0 Å². The molecule has 0 aromatic heterocycles. The van der Waals surface area contributed by atoms with Crippen molar-refractivity contribution in [3.8, 4) is 0 Å². The van der Waals surface area contributed by atoms with Gasteiger partial charge in [0.2, 0.25) is 10.0 Å². The fraction of sp³-hybridized carbons (Fsp3) is 0.400. The third kappa shape index (κ3) is 6.39. The highest BCUT2D eigenvalue weighted by atomic mass is 32.2. The van der Waals surface area contributed by atoms with Crippen LogP contribution in [0.2, 0.25) is 0 Å². The van der Waals surface area contributed by atoms with E-state index in [1.54, 1.807) is 0 Å². The molecule has 1 N–H and O–H groups in total. The molecular weight excluding hydrogens is 367 g/mol. The fourth-order valence-corrected chi connectivity index (χ4v) is 4.35. The van der Waals surface area contributed by atoms with E-state index in [1.165, 1.54) is 29.8 Å². The third-order valence-corrected chi connectivity index (χ3v) is 5.92. The highest BCUT2D eigenvalue weighted by Gasteiger charge is 2.21. The Morgan fingerprint density at radius 2 is 1.85 bits per heavy atom. The third-order valence-electron chi connectivity index (χ3n) is 4.56. The van der Waals surface area contributed by atoms with Crippen LogP contribution >= 0.6 is 0 Å². The number of nitrogens with zero attached hydrogens (tertiary/aromatic N) is 1. The molecule has 0 amide bonds. The molecule has 1 heterocycles. The molecule has 146 valence electrons. The molecule has 0 saturated carbocycles. The van der Waals surface area contributed by atoms with Crippen LogP contribution in [-0.2, 0) is 20.5 Å². The Kier molecular flexibility index (Phi) is 6.95. The summed E-state index contributed by atoms with van der Waals surface area (Å²) in [5.41, 5.74) is 1.74. The molecule has 3 rings (SSSR count). The molecule has 0 radical (unpaired) electrons. The second-order valence-corrected chi connectivity index (χ2v) is 8.51. The van der Waals surface area contributed by atoms with E-state index >= 15 is 0 Å². The molecular formula is C20H25FN2O3S. The maximum absolute atomic E-state index is 12.9. The van der Waals surface area contributed by atoms with Crippen molar-refractivity contribution in [1.29, 1.82) is 0 Å². The minimum absolute atomic E-state index is 0.0649. The van der Waals surface area contributed by atoms with Gasteiger partial charge in [-0.15, -0.1) is 0 Å². The number of halogens is 1. The number of morpholine rings is 1. The second-order valence-electron chi connectivity index (χ2n) is 6.70. The van der Waals surface area contributed by atoms with Crippen molar-refractivity contribution >= 4 is 10.0 Å². The van der Waals surface area contributed by atoms with Crippen molar-refractivity contribution in [3.05, 3.63) is 71.5 Å². The van der Waals surface area contributed by atoms with E-state index in [0.717, 1.165) is 26.1 Å². The van der Waals surface area contributed by atoms with Crippen LogP contribution in [0.15, 0.2) is 54.6 Å². The molecule has 27 heavy (non-hydrogen) atoms. The Bertz CT molecular complexity index is 813. The zero-order valence-electron chi connectivity index (χ0n) is 15.2. The summed E-state index contributed by atoms with van der Waals surface area (Å²) in [6, 6.07) is 15.7. The van der Waals surface area contributed by atoms with Gasteiger partial charge in [-0.2, -0.15) is 0 Å². The topological polar surface area (TPSA) is 58.6 Å². The first-order chi connectivity index (χ1) is 13.0. The van der Waals surface area contributed by atoms with E-state index in [4.69, 9.17) is 4.74 Å². The molecule has 2 aromatic rings. The number of hydrogen-bond donors (Lipinski definition) is 1. The molecule has 2 aromatic carbocycles. The first kappa shape index (κ1) is 19.9. The van der Waals surface area contributed by atoms with Gasteiger partial charge in [0.1, 0.15) is 5.82 Å². The van der Waals surface area contributed by atoms with Crippen LogP contribution in [0.5, 0.6) is 0 Å². The van der Waals surface area contributed by atoms with Crippen LogP contribution in [0.25, 0.3) is 0 Å². The summed E-state index contributed by atoms with van der Waals surface area (Å²) in [6.45, 7) is 3.54. The number of nitrogens with one attached hydrogen (secondary N) is 1. The lowest BCUT2D eigenvalue weighted by Crippen LogP contribution is -2.39. The van der Waals surface area contributed by atoms with Crippen molar-refractivity contribution in [1.82, 2.24) is 9.62 Å². The zero-order chi connectivity index (χ0) is 19.1. The first-order valence-electron chi connectivity index (χ1n) is 9.12. The molecule has 1 atom stereocenters. The molecule has 1 saturated heterocycles.